The van der Waals surface area contributed by atoms with Crippen molar-refractivity contribution in [3.63, 3.8) is 0 Å². The Hall–Kier alpha value is -0.0400. The minimum absolute atomic E-state index is 0.455. The molecule has 0 aromatic heterocycles. The predicted octanol–water partition coefficient (Wildman–Crippen LogP) is 3.30. The van der Waals surface area contributed by atoms with Crippen molar-refractivity contribution in [1.82, 2.24) is 4.90 Å². The first-order valence-corrected chi connectivity index (χ1v) is 5.42. The normalized spacial score (nSPS) is 18.8. The van der Waals surface area contributed by atoms with Gasteiger partial charge in [-0.3, -0.25) is 4.90 Å². The Kier molecular flexibility index (Phi) is 5.56. The van der Waals surface area contributed by atoms with Gasteiger partial charge >= 0.3 is 0 Å². The molecular formula is C11H25N. The highest BCUT2D eigenvalue weighted by Crippen LogP contribution is 2.23. The fourth-order valence-electron chi connectivity index (χ4n) is 1.55. The van der Waals surface area contributed by atoms with Crippen LogP contribution in [-0.4, -0.2) is 23.5 Å². The molecule has 0 radical (unpaired) electrons. The molecule has 0 atom stereocenters. The fourth-order valence-corrected chi connectivity index (χ4v) is 1.55. The van der Waals surface area contributed by atoms with Crippen LogP contribution in [0.2, 0.25) is 0 Å². The molecule has 74 valence electrons. The van der Waals surface area contributed by atoms with Crippen molar-refractivity contribution in [2.45, 2.75) is 59.4 Å². The second kappa shape index (κ2) is 5.58. The minimum atomic E-state index is 0.455. The van der Waals surface area contributed by atoms with Gasteiger partial charge in [0, 0.05) is 5.54 Å². The Morgan fingerprint density at radius 3 is 1.83 bits per heavy atom. The first-order valence-electron chi connectivity index (χ1n) is 5.42. The average molecular weight is 171 g/mol. The number of hydrogen-bond donors (Lipinski definition) is 0. The number of hydrogen-bond acceptors (Lipinski definition) is 1. The monoisotopic (exact) mass is 171 g/mol. The summed E-state index contributed by atoms with van der Waals surface area (Å²) in [5, 5.41) is 0. The minimum Gasteiger partial charge on any atom is -0.298 e. The molecule has 12 heavy (non-hydrogen) atoms. The fraction of sp³-hybridized carbons (Fsp3) is 1.00. The summed E-state index contributed by atoms with van der Waals surface area (Å²) in [6.07, 6.45) is 4.08. The summed E-state index contributed by atoms with van der Waals surface area (Å²) in [6.45, 7) is 13.6. The summed E-state index contributed by atoms with van der Waals surface area (Å²) in [4.78, 5) is 2.60. The van der Waals surface area contributed by atoms with Crippen molar-refractivity contribution >= 4 is 0 Å². The Bertz CT molecular complexity index is 102. The summed E-state index contributed by atoms with van der Waals surface area (Å²) in [5.41, 5.74) is 0.455. The lowest BCUT2D eigenvalue weighted by Crippen LogP contribution is -2.41. The van der Waals surface area contributed by atoms with Gasteiger partial charge < -0.3 is 0 Å². The van der Waals surface area contributed by atoms with E-state index in [1.165, 1.54) is 32.4 Å². The largest absolute Gasteiger partial charge is 0.298 e. The lowest BCUT2D eigenvalue weighted by atomic mass is 10.0. The second-order valence-corrected chi connectivity index (χ2v) is 3.86. The van der Waals surface area contributed by atoms with Crippen LogP contribution in [0, 0.1) is 0 Å². The first-order chi connectivity index (χ1) is 5.67. The topological polar surface area (TPSA) is 3.24 Å². The van der Waals surface area contributed by atoms with Gasteiger partial charge in [-0.2, -0.15) is 0 Å². The number of likely N-dealkylation sites (tertiary alicyclic amines) is 1. The van der Waals surface area contributed by atoms with Gasteiger partial charge in [-0.25, -0.2) is 0 Å². The van der Waals surface area contributed by atoms with Crippen LogP contribution in [0.25, 0.3) is 0 Å². The number of nitrogens with zero attached hydrogens (tertiary/aromatic N) is 1. The summed E-state index contributed by atoms with van der Waals surface area (Å²) < 4.78 is 0. The maximum Gasteiger partial charge on any atom is 0.0150 e. The van der Waals surface area contributed by atoms with Gasteiger partial charge in [-0.1, -0.05) is 20.8 Å². The molecule has 0 amide bonds. The van der Waals surface area contributed by atoms with E-state index in [1.54, 1.807) is 0 Å². The van der Waals surface area contributed by atoms with Gasteiger partial charge in [0.2, 0.25) is 0 Å². The van der Waals surface area contributed by atoms with Crippen molar-refractivity contribution < 1.29 is 0 Å². The molecule has 1 aliphatic heterocycles. The van der Waals surface area contributed by atoms with Crippen molar-refractivity contribution in [3.8, 4) is 0 Å². The van der Waals surface area contributed by atoms with Crippen LogP contribution >= 0.6 is 0 Å². The molecule has 0 aromatic rings. The molecule has 0 unspecified atom stereocenters. The average Bonchev–Trinajstić information content (AvgIpc) is 2.61. The highest BCUT2D eigenvalue weighted by Gasteiger charge is 2.26. The van der Waals surface area contributed by atoms with Crippen LogP contribution in [0.3, 0.4) is 0 Å². The van der Waals surface area contributed by atoms with E-state index in [0.717, 1.165) is 0 Å². The molecule has 0 bridgehead atoms. The summed E-state index contributed by atoms with van der Waals surface area (Å²) in [7, 11) is 0. The van der Waals surface area contributed by atoms with Gasteiger partial charge in [0.15, 0.2) is 0 Å². The lowest BCUT2D eigenvalue weighted by molar-refractivity contribution is 0.150. The first kappa shape index (κ1) is 12.0. The van der Waals surface area contributed by atoms with Gasteiger partial charge in [0.1, 0.15) is 0 Å². The van der Waals surface area contributed by atoms with Gasteiger partial charge in [0.25, 0.3) is 0 Å². The lowest BCUT2D eigenvalue weighted by Gasteiger charge is -2.34. The predicted molar refractivity (Wildman–Crippen MR) is 56.5 cm³/mol. The van der Waals surface area contributed by atoms with Gasteiger partial charge in [-0.05, 0) is 46.2 Å². The third-order valence-electron chi connectivity index (χ3n) is 2.83. The van der Waals surface area contributed by atoms with Crippen molar-refractivity contribution in [1.29, 1.82) is 0 Å². The molecule has 1 nitrogen and oxygen atoms in total. The van der Waals surface area contributed by atoms with E-state index in [4.69, 9.17) is 0 Å². The van der Waals surface area contributed by atoms with Crippen molar-refractivity contribution in [3.05, 3.63) is 0 Å². The van der Waals surface area contributed by atoms with E-state index in [0.29, 0.717) is 5.54 Å². The maximum atomic E-state index is 2.60. The highest BCUT2D eigenvalue weighted by molar-refractivity contribution is 4.82. The third kappa shape index (κ3) is 3.14. The molecule has 1 heteroatoms. The van der Waals surface area contributed by atoms with Gasteiger partial charge in [-0.15, -0.1) is 0 Å². The number of rotatable bonds is 2. The van der Waals surface area contributed by atoms with Crippen molar-refractivity contribution in [2.24, 2.45) is 0 Å². The molecule has 0 spiro atoms. The zero-order chi connectivity index (χ0) is 9.61. The standard InChI is InChI=1S/C9H19N.C2H6/c1-4-9(2,3)10-7-5-6-8-10;1-2/h4-8H2,1-3H3;1-2H3. The Morgan fingerprint density at radius 2 is 1.50 bits per heavy atom. The SMILES string of the molecule is CC.CCC(C)(C)N1CCCC1. The molecule has 1 aliphatic rings. The quantitative estimate of drug-likeness (QED) is 0.616. The smallest absolute Gasteiger partial charge is 0.0150 e. The van der Waals surface area contributed by atoms with Crippen LogP contribution in [0.1, 0.15) is 53.9 Å². The van der Waals surface area contributed by atoms with E-state index in [9.17, 15) is 0 Å². The summed E-state index contributed by atoms with van der Waals surface area (Å²) in [6, 6.07) is 0. The molecule has 1 heterocycles. The van der Waals surface area contributed by atoms with E-state index < -0.39 is 0 Å². The molecule has 0 N–H and O–H groups in total. The van der Waals surface area contributed by atoms with Crippen LogP contribution in [-0.2, 0) is 0 Å². The second-order valence-electron chi connectivity index (χ2n) is 3.86. The van der Waals surface area contributed by atoms with Crippen LogP contribution in [0.4, 0.5) is 0 Å². The molecule has 0 aliphatic carbocycles. The van der Waals surface area contributed by atoms with E-state index in [-0.39, 0.29) is 0 Å². The zero-order valence-corrected chi connectivity index (χ0v) is 9.48. The van der Waals surface area contributed by atoms with E-state index in [2.05, 4.69) is 25.7 Å². The Labute approximate surface area is 78.1 Å². The molecule has 1 fully saturated rings. The zero-order valence-electron chi connectivity index (χ0n) is 9.48. The van der Waals surface area contributed by atoms with E-state index in [1.807, 2.05) is 13.8 Å². The summed E-state index contributed by atoms with van der Waals surface area (Å²) >= 11 is 0. The maximum absolute atomic E-state index is 2.60. The van der Waals surface area contributed by atoms with Crippen LogP contribution in [0.5, 0.6) is 0 Å². The molecule has 1 saturated heterocycles. The Morgan fingerprint density at radius 1 is 1.08 bits per heavy atom. The molecule has 0 aromatic carbocycles. The molecular weight excluding hydrogens is 146 g/mol. The van der Waals surface area contributed by atoms with Crippen LogP contribution < -0.4 is 0 Å². The Balaban J connectivity index is 0.000000561. The van der Waals surface area contributed by atoms with Crippen LogP contribution in [0.15, 0.2) is 0 Å². The highest BCUT2D eigenvalue weighted by atomic mass is 15.2. The third-order valence-corrected chi connectivity index (χ3v) is 2.83. The van der Waals surface area contributed by atoms with E-state index >= 15 is 0 Å². The van der Waals surface area contributed by atoms with Gasteiger partial charge in [0.05, 0.1) is 0 Å². The summed E-state index contributed by atoms with van der Waals surface area (Å²) in [5.74, 6) is 0. The molecule has 0 saturated carbocycles. The van der Waals surface area contributed by atoms with Crippen molar-refractivity contribution in [2.75, 3.05) is 13.1 Å². The molecule has 1 rings (SSSR count).